The zero-order chi connectivity index (χ0) is 19.7. The number of nitrogens with zero attached hydrogens (tertiary/aromatic N) is 1. The van der Waals surface area contributed by atoms with Crippen LogP contribution in [0.5, 0.6) is 0 Å². The van der Waals surface area contributed by atoms with E-state index in [1.54, 1.807) is 17.0 Å². The number of carbonyl (C=O) groups excluding carboxylic acids is 1. The topological polar surface area (TPSA) is 54.5 Å². The Hall–Kier alpha value is -2.14. The minimum Gasteiger partial charge on any atom is -0.338 e. The molecule has 1 aliphatic heterocycles. The fourth-order valence-electron chi connectivity index (χ4n) is 3.37. The van der Waals surface area contributed by atoms with Crippen LogP contribution in [0.25, 0.3) is 0 Å². The highest BCUT2D eigenvalue weighted by Crippen LogP contribution is 2.24. The summed E-state index contributed by atoms with van der Waals surface area (Å²) in [6, 6.07) is 15.1. The van der Waals surface area contributed by atoms with Gasteiger partial charge in [0.05, 0.1) is 10.6 Å². The summed E-state index contributed by atoms with van der Waals surface area (Å²) in [5.74, 6) is -0.252. The van der Waals surface area contributed by atoms with Crippen LogP contribution in [0.1, 0.15) is 43.9 Å². The van der Waals surface area contributed by atoms with E-state index in [0.717, 1.165) is 17.5 Å². The lowest BCUT2D eigenvalue weighted by molar-refractivity contribution is -0.131. The maximum absolute atomic E-state index is 12.6. The summed E-state index contributed by atoms with van der Waals surface area (Å²) in [6.45, 7) is 7.48. The second kappa shape index (κ2) is 7.47. The van der Waals surface area contributed by atoms with E-state index >= 15 is 0 Å². The first-order valence-corrected chi connectivity index (χ1v) is 11.0. The van der Waals surface area contributed by atoms with Crippen molar-refractivity contribution in [2.75, 3.05) is 12.3 Å². The lowest BCUT2D eigenvalue weighted by Gasteiger charge is -2.29. The van der Waals surface area contributed by atoms with E-state index in [1.807, 2.05) is 30.3 Å². The van der Waals surface area contributed by atoms with Crippen molar-refractivity contribution < 1.29 is 13.2 Å². The molecule has 0 aliphatic carbocycles. The molecule has 5 heteroatoms. The number of carbonyl (C=O) groups is 1. The Morgan fingerprint density at radius 2 is 1.63 bits per heavy atom. The molecule has 27 heavy (non-hydrogen) atoms. The van der Waals surface area contributed by atoms with Gasteiger partial charge in [-0.2, -0.15) is 0 Å². The molecule has 0 saturated carbocycles. The van der Waals surface area contributed by atoms with Crippen LogP contribution in [0, 0.1) is 0 Å². The molecule has 0 aromatic heterocycles. The number of rotatable bonds is 4. The Morgan fingerprint density at radius 1 is 1.00 bits per heavy atom. The molecule has 0 spiro atoms. The quantitative estimate of drug-likeness (QED) is 0.806. The summed E-state index contributed by atoms with van der Waals surface area (Å²) < 4.78 is 25.2. The van der Waals surface area contributed by atoms with Gasteiger partial charge in [0, 0.05) is 19.5 Å². The Kier molecular flexibility index (Phi) is 5.43. The van der Waals surface area contributed by atoms with Gasteiger partial charge in [0.2, 0.25) is 5.91 Å². The summed E-state index contributed by atoms with van der Waals surface area (Å²) in [5.41, 5.74) is 3.48. The van der Waals surface area contributed by atoms with Crippen LogP contribution in [-0.2, 0) is 33.0 Å². The van der Waals surface area contributed by atoms with Crippen LogP contribution in [0.4, 0.5) is 0 Å². The predicted octanol–water partition coefficient (Wildman–Crippen LogP) is 3.73. The van der Waals surface area contributed by atoms with E-state index in [4.69, 9.17) is 0 Å². The fourth-order valence-corrected chi connectivity index (χ4v) is 4.60. The van der Waals surface area contributed by atoms with E-state index in [2.05, 4.69) is 26.8 Å². The second-order valence-electron chi connectivity index (χ2n) is 8.18. The van der Waals surface area contributed by atoms with Crippen molar-refractivity contribution in [3.63, 3.8) is 0 Å². The fraction of sp³-hybridized carbons (Fsp3) is 0.409. The van der Waals surface area contributed by atoms with Crippen LogP contribution in [0.3, 0.4) is 0 Å². The summed E-state index contributed by atoms with van der Waals surface area (Å²) in [6.07, 6.45) is 0.842. The highest BCUT2D eigenvalue weighted by atomic mass is 32.2. The first-order chi connectivity index (χ1) is 12.7. The molecule has 0 N–H and O–H groups in total. The highest BCUT2D eigenvalue weighted by molar-refractivity contribution is 7.91. The minimum atomic E-state index is -3.46. The smallest absolute Gasteiger partial charge is 0.223 e. The van der Waals surface area contributed by atoms with Gasteiger partial charge in [-0.05, 0) is 40.7 Å². The number of hydrogen-bond acceptors (Lipinski definition) is 3. The number of benzene rings is 2. The Labute approximate surface area is 162 Å². The third-order valence-electron chi connectivity index (χ3n) is 5.15. The third-order valence-corrected chi connectivity index (χ3v) is 6.88. The molecule has 1 amide bonds. The molecule has 1 heterocycles. The first kappa shape index (κ1) is 19.6. The first-order valence-electron chi connectivity index (χ1n) is 9.35. The minimum absolute atomic E-state index is 0.0194. The Balaban J connectivity index is 1.63. The molecule has 4 nitrogen and oxygen atoms in total. The van der Waals surface area contributed by atoms with Gasteiger partial charge in [-0.15, -0.1) is 0 Å². The number of hydrogen-bond donors (Lipinski definition) is 0. The van der Waals surface area contributed by atoms with Crippen molar-refractivity contribution in [1.82, 2.24) is 4.90 Å². The number of sulfone groups is 1. The summed E-state index contributed by atoms with van der Waals surface area (Å²) >= 11 is 0. The molecule has 144 valence electrons. The average molecular weight is 386 g/mol. The number of amides is 1. The van der Waals surface area contributed by atoms with Crippen molar-refractivity contribution in [1.29, 1.82) is 0 Å². The molecule has 1 aliphatic rings. The molecule has 0 saturated heterocycles. The van der Waals surface area contributed by atoms with E-state index in [1.165, 1.54) is 5.56 Å². The van der Waals surface area contributed by atoms with Crippen molar-refractivity contribution in [2.24, 2.45) is 0 Å². The van der Waals surface area contributed by atoms with Gasteiger partial charge in [-0.25, -0.2) is 8.42 Å². The normalized spacial score (nSPS) is 14.7. The van der Waals surface area contributed by atoms with Crippen LogP contribution >= 0.6 is 0 Å². The van der Waals surface area contributed by atoms with E-state index in [9.17, 15) is 13.2 Å². The van der Waals surface area contributed by atoms with Gasteiger partial charge in [0.25, 0.3) is 0 Å². The standard InChI is InChI=1S/C22H27NO3S/c1-22(2,3)19-8-10-20(11-9-19)27(25,26)15-13-21(24)23-14-12-17-6-4-5-7-18(17)16-23/h4-11H,12-16H2,1-3H3. The SMILES string of the molecule is CC(C)(C)c1ccc(S(=O)(=O)CCC(=O)N2CCc3ccccc3C2)cc1. The molecule has 0 unspecified atom stereocenters. The Bertz CT molecular complexity index is 925. The Morgan fingerprint density at radius 3 is 2.26 bits per heavy atom. The second-order valence-corrected chi connectivity index (χ2v) is 10.3. The lowest BCUT2D eigenvalue weighted by Crippen LogP contribution is -2.36. The van der Waals surface area contributed by atoms with Crippen molar-refractivity contribution in [2.45, 2.75) is 50.5 Å². The van der Waals surface area contributed by atoms with Crippen molar-refractivity contribution in [3.8, 4) is 0 Å². The maximum Gasteiger partial charge on any atom is 0.223 e. The summed E-state index contributed by atoms with van der Waals surface area (Å²) in [4.78, 5) is 14.6. The van der Waals surface area contributed by atoms with Gasteiger partial charge in [-0.3, -0.25) is 4.79 Å². The van der Waals surface area contributed by atoms with E-state index in [0.29, 0.717) is 13.1 Å². The molecule has 0 bridgehead atoms. The maximum atomic E-state index is 12.6. The van der Waals surface area contributed by atoms with Crippen molar-refractivity contribution in [3.05, 3.63) is 65.2 Å². The van der Waals surface area contributed by atoms with Gasteiger partial charge in [0.15, 0.2) is 9.84 Å². The van der Waals surface area contributed by atoms with Gasteiger partial charge < -0.3 is 4.90 Å². The van der Waals surface area contributed by atoms with Crippen LogP contribution in [-0.4, -0.2) is 31.5 Å². The summed E-state index contributed by atoms with van der Waals surface area (Å²) in [5, 5.41) is 0. The monoisotopic (exact) mass is 385 g/mol. The lowest BCUT2D eigenvalue weighted by atomic mass is 9.87. The molecular weight excluding hydrogens is 358 g/mol. The molecule has 0 atom stereocenters. The van der Waals surface area contributed by atoms with Crippen LogP contribution < -0.4 is 0 Å². The molecular formula is C22H27NO3S. The average Bonchev–Trinajstić information content (AvgIpc) is 2.65. The highest BCUT2D eigenvalue weighted by Gasteiger charge is 2.23. The zero-order valence-corrected chi connectivity index (χ0v) is 17.1. The van der Waals surface area contributed by atoms with Crippen molar-refractivity contribution >= 4 is 15.7 Å². The predicted molar refractivity (Wildman–Crippen MR) is 107 cm³/mol. The van der Waals surface area contributed by atoms with Gasteiger partial charge >= 0.3 is 0 Å². The molecule has 3 rings (SSSR count). The van der Waals surface area contributed by atoms with Gasteiger partial charge in [-0.1, -0.05) is 57.2 Å². The zero-order valence-electron chi connectivity index (χ0n) is 16.2. The molecule has 2 aromatic carbocycles. The molecule has 0 fully saturated rings. The van der Waals surface area contributed by atoms with E-state index in [-0.39, 0.29) is 28.4 Å². The van der Waals surface area contributed by atoms with Crippen LogP contribution in [0.15, 0.2) is 53.4 Å². The van der Waals surface area contributed by atoms with Crippen LogP contribution in [0.2, 0.25) is 0 Å². The molecule has 2 aromatic rings. The number of fused-ring (bicyclic) bond motifs is 1. The largest absolute Gasteiger partial charge is 0.338 e. The van der Waals surface area contributed by atoms with E-state index < -0.39 is 9.84 Å². The van der Waals surface area contributed by atoms with Gasteiger partial charge in [0.1, 0.15) is 0 Å². The summed E-state index contributed by atoms with van der Waals surface area (Å²) in [7, 11) is -3.46. The molecule has 0 radical (unpaired) electrons. The third kappa shape index (κ3) is 4.59.